The first-order valence-electron chi connectivity index (χ1n) is 8.35. The van der Waals surface area contributed by atoms with Crippen LogP contribution in [0.3, 0.4) is 0 Å². The highest BCUT2D eigenvalue weighted by atomic mass is 16.2. The van der Waals surface area contributed by atoms with Crippen LogP contribution in [0.25, 0.3) is 0 Å². The number of hydrogen-bond donors (Lipinski definition) is 2. The van der Waals surface area contributed by atoms with Crippen molar-refractivity contribution in [2.45, 2.75) is 70.4 Å². The number of hydrogen-bond acceptors (Lipinski definition) is 3. The summed E-state index contributed by atoms with van der Waals surface area (Å²) in [4.78, 5) is 26.3. The molecule has 2 amide bonds. The van der Waals surface area contributed by atoms with Crippen molar-refractivity contribution in [2.75, 3.05) is 13.1 Å². The van der Waals surface area contributed by atoms with Crippen molar-refractivity contribution in [3.05, 3.63) is 0 Å². The van der Waals surface area contributed by atoms with Crippen LogP contribution in [0.5, 0.6) is 0 Å². The van der Waals surface area contributed by atoms with Crippen LogP contribution in [-0.4, -0.2) is 41.4 Å². The van der Waals surface area contributed by atoms with Gasteiger partial charge in [-0.05, 0) is 25.7 Å². The van der Waals surface area contributed by atoms with E-state index in [-0.39, 0.29) is 23.3 Å². The number of nitrogens with one attached hydrogen (secondary N) is 1. The molecule has 1 heterocycles. The molecule has 3 N–H and O–H groups in total. The van der Waals surface area contributed by atoms with Gasteiger partial charge < -0.3 is 16.0 Å². The van der Waals surface area contributed by atoms with Crippen LogP contribution in [0.2, 0.25) is 0 Å². The van der Waals surface area contributed by atoms with E-state index < -0.39 is 0 Å². The Hall–Kier alpha value is -1.10. The average Bonchev–Trinajstić information content (AvgIpc) is 3.13. The maximum Gasteiger partial charge on any atom is 0.225 e. The number of rotatable bonds is 6. The summed E-state index contributed by atoms with van der Waals surface area (Å²) < 4.78 is 0. The van der Waals surface area contributed by atoms with Gasteiger partial charge in [-0.25, -0.2) is 0 Å². The summed E-state index contributed by atoms with van der Waals surface area (Å²) in [7, 11) is 0. The Bertz CT molecular complexity index is 387. The SMILES string of the molecule is CCC(N)(CC)CNC(=O)C1CC(=O)N(C2CCCC2)C1. The minimum absolute atomic E-state index is 0.0134. The van der Waals surface area contributed by atoms with E-state index in [1.807, 2.05) is 18.7 Å². The second-order valence-corrected chi connectivity index (χ2v) is 6.67. The van der Waals surface area contributed by atoms with Crippen LogP contribution < -0.4 is 11.1 Å². The van der Waals surface area contributed by atoms with E-state index in [0.29, 0.717) is 25.6 Å². The lowest BCUT2D eigenvalue weighted by atomic mass is 9.94. The monoisotopic (exact) mass is 295 g/mol. The van der Waals surface area contributed by atoms with E-state index in [1.165, 1.54) is 12.8 Å². The van der Waals surface area contributed by atoms with Gasteiger partial charge in [0.05, 0.1) is 5.92 Å². The topological polar surface area (TPSA) is 75.4 Å². The largest absolute Gasteiger partial charge is 0.354 e. The molecule has 0 spiro atoms. The van der Waals surface area contributed by atoms with E-state index in [9.17, 15) is 9.59 Å². The predicted octanol–water partition coefficient (Wildman–Crippen LogP) is 1.41. The molecule has 0 aromatic heterocycles. The Balaban J connectivity index is 1.85. The molecular weight excluding hydrogens is 266 g/mol. The molecule has 1 aliphatic carbocycles. The Morgan fingerprint density at radius 2 is 1.95 bits per heavy atom. The predicted molar refractivity (Wildman–Crippen MR) is 82.6 cm³/mol. The highest BCUT2D eigenvalue weighted by Gasteiger charge is 2.38. The Morgan fingerprint density at radius 3 is 2.52 bits per heavy atom. The van der Waals surface area contributed by atoms with Gasteiger partial charge in [0.2, 0.25) is 11.8 Å². The van der Waals surface area contributed by atoms with Crippen molar-refractivity contribution in [3.8, 4) is 0 Å². The molecule has 1 unspecified atom stereocenters. The van der Waals surface area contributed by atoms with Crippen molar-refractivity contribution < 1.29 is 9.59 Å². The molecule has 1 aliphatic heterocycles. The number of nitrogens with zero attached hydrogens (tertiary/aromatic N) is 1. The summed E-state index contributed by atoms with van der Waals surface area (Å²) in [5.41, 5.74) is 5.88. The van der Waals surface area contributed by atoms with E-state index in [4.69, 9.17) is 5.73 Å². The van der Waals surface area contributed by atoms with Crippen molar-refractivity contribution >= 4 is 11.8 Å². The molecule has 1 saturated carbocycles. The van der Waals surface area contributed by atoms with Crippen LogP contribution in [0.15, 0.2) is 0 Å². The second kappa shape index (κ2) is 6.77. The maximum atomic E-state index is 12.3. The summed E-state index contributed by atoms with van der Waals surface area (Å²) in [5, 5.41) is 2.96. The molecule has 120 valence electrons. The summed E-state index contributed by atoms with van der Waals surface area (Å²) >= 11 is 0. The Kier molecular flexibility index (Phi) is 5.25. The Labute approximate surface area is 127 Å². The first-order valence-corrected chi connectivity index (χ1v) is 8.35. The molecule has 0 aromatic rings. The first-order chi connectivity index (χ1) is 9.99. The van der Waals surface area contributed by atoms with Gasteiger partial charge in [-0.1, -0.05) is 26.7 Å². The molecule has 2 fully saturated rings. The fraction of sp³-hybridized carbons (Fsp3) is 0.875. The maximum absolute atomic E-state index is 12.3. The van der Waals surface area contributed by atoms with Gasteiger partial charge in [0.15, 0.2) is 0 Å². The van der Waals surface area contributed by atoms with Crippen LogP contribution >= 0.6 is 0 Å². The zero-order valence-corrected chi connectivity index (χ0v) is 13.4. The van der Waals surface area contributed by atoms with Gasteiger partial charge in [0.1, 0.15) is 0 Å². The van der Waals surface area contributed by atoms with Gasteiger partial charge in [-0.2, -0.15) is 0 Å². The third kappa shape index (κ3) is 3.76. The van der Waals surface area contributed by atoms with Crippen molar-refractivity contribution in [1.82, 2.24) is 10.2 Å². The van der Waals surface area contributed by atoms with Crippen molar-refractivity contribution in [1.29, 1.82) is 0 Å². The number of nitrogens with two attached hydrogens (primary N) is 1. The lowest BCUT2D eigenvalue weighted by molar-refractivity contribution is -0.130. The van der Waals surface area contributed by atoms with Crippen LogP contribution in [0, 0.1) is 5.92 Å². The lowest BCUT2D eigenvalue weighted by Crippen LogP contribution is -2.50. The van der Waals surface area contributed by atoms with Gasteiger partial charge >= 0.3 is 0 Å². The number of carbonyl (C=O) groups excluding carboxylic acids is 2. The third-order valence-electron chi connectivity index (χ3n) is 5.32. The molecule has 1 saturated heterocycles. The van der Waals surface area contributed by atoms with E-state index in [1.54, 1.807) is 0 Å². The smallest absolute Gasteiger partial charge is 0.225 e. The average molecular weight is 295 g/mol. The fourth-order valence-electron chi connectivity index (χ4n) is 3.38. The summed E-state index contributed by atoms with van der Waals surface area (Å²) in [6.45, 7) is 5.16. The quantitative estimate of drug-likeness (QED) is 0.778. The normalized spacial score (nSPS) is 23.9. The second-order valence-electron chi connectivity index (χ2n) is 6.67. The fourth-order valence-corrected chi connectivity index (χ4v) is 3.38. The van der Waals surface area contributed by atoms with Gasteiger partial charge in [-0.15, -0.1) is 0 Å². The molecule has 1 atom stereocenters. The summed E-state index contributed by atoms with van der Waals surface area (Å²) in [6, 6.07) is 0.371. The van der Waals surface area contributed by atoms with Crippen LogP contribution in [-0.2, 0) is 9.59 Å². The molecule has 5 heteroatoms. The minimum atomic E-state index is -0.330. The Morgan fingerprint density at radius 1 is 1.33 bits per heavy atom. The molecule has 2 aliphatic rings. The van der Waals surface area contributed by atoms with Crippen molar-refractivity contribution in [3.63, 3.8) is 0 Å². The molecule has 0 radical (unpaired) electrons. The number of amides is 2. The van der Waals surface area contributed by atoms with E-state index in [0.717, 1.165) is 25.7 Å². The standard InChI is InChI=1S/C16H29N3O2/c1-3-16(17,4-2)11-18-15(21)12-9-14(20)19(10-12)13-7-5-6-8-13/h12-13H,3-11,17H2,1-2H3,(H,18,21). The highest BCUT2D eigenvalue weighted by Crippen LogP contribution is 2.29. The highest BCUT2D eigenvalue weighted by molar-refractivity contribution is 5.89. The molecule has 0 bridgehead atoms. The minimum Gasteiger partial charge on any atom is -0.354 e. The van der Waals surface area contributed by atoms with Gasteiger partial charge in [-0.3, -0.25) is 9.59 Å². The zero-order chi connectivity index (χ0) is 15.5. The summed E-state index contributed by atoms with van der Waals surface area (Å²) in [5.74, 6) is -0.0660. The molecule has 0 aromatic carbocycles. The first kappa shape index (κ1) is 16.3. The van der Waals surface area contributed by atoms with Gasteiger partial charge in [0.25, 0.3) is 0 Å². The molecular formula is C16H29N3O2. The van der Waals surface area contributed by atoms with E-state index in [2.05, 4.69) is 5.32 Å². The van der Waals surface area contributed by atoms with Gasteiger partial charge in [0, 0.05) is 31.1 Å². The van der Waals surface area contributed by atoms with Crippen LogP contribution in [0.4, 0.5) is 0 Å². The number of carbonyl (C=O) groups is 2. The number of likely N-dealkylation sites (tertiary alicyclic amines) is 1. The molecule has 21 heavy (non-hydrogen) atoms. The third-order valence-corrected chi connectivity index (χ3v) is 5.32. The zero-order valence-electron chi connectivity index (χ0n) is 13.4. The molecule has 2 rings (SSSR count). The lowest BCUT2D eigenvalue weighted by Gasteiger charge is -2.27. The van der Waals surface area contributed by atoms with Crippen LogP contribution in [0.1, 0.15) is 58.8 Å². The van der Waals surface area contributed by atoms with E-state index >= 15 is 0 Å². The molecule has 5 nitrogen and oxygen atoms in total. The summed E-state index contributed by atoms with van der Waals surface area (Å²) in [6.07, 6.45) is 6.62. The van der Waals surface area contributed by atoms with Crippen molar-refractivity contribution in [2.24, 2.45) is 11.7 Å².